The van der Waals surface area contributed by atoms with E-state index in [-0.39, 0.29) is 5.95 Å². The van der Waals surface area contributed by atoms with Gasteiger partial charge in [0.15, 0.2) is 0 Å². The third-order valence-corrected chi connectivity index (χ3v) is 4.27. The third-order valence-electron chi connectivity index (χ3n) is 4.27. The Bertz CT molecular complexity index is 833. The molecule has 0 aromatic carbocycles. The molecule has 3 N–H and O–H groups in total. The number of pyridine rings is 1. The van der Waals surface area contributed by atoms with Crippen molar-refractivity contribution in [1.82, 2.24) is 24.8 Å². The summed E-state index contributed by atoms with van der Waals surface area (Å²) in [4.78, 5) is 20.9. The van der Waals surface area contributed by atoms with E-state index in [2.05, 4.69) is 42.8 Å². The van der Waals surface area contributed by atoms with E-state index >= 15 is 0 Å². The molecule has 0 aliphatic carbocycles. The average molecular weight is 309 g/mol. The first-order valence-electron chi connectivity index (χ1n) is 7.71. The van der Waals surface area contributed by atoms with Crippen molar-refractivity contribution >= 4 is 22.8 Å². The van der Waals surface area contributed by atoms with Gasteiger partial charge in [0.2, 0.25) is 5.95 Å². The smallest absolute Gasteiger partial charge is 0.221 e. The highest BCUT2D eigenvalue weighted by molar-refractivity contribution is 5.86. The molecule has 3 aromatic heterocycles. The predicted octanol–water partition coefficient (Wildman–Crippen LogP) is 1.35. The lowest BCUT2D eigenvalue weighted by molar-refractivity contribution is 0.312. The molecule has 0 atom stereocenters. The minimum absolute atomic E-state index is 0.274. The number of piperazine rings is 1. The van der Waals surface area contributed by atoms with Crippen LogP contribution in [0.5, 0.6) is 0 Å². The zero-order chi connectivity index (χ0) is 15.8. The van der Waals surface area contributed by atoms with Crippen LogP contribution in [0.15, 0.2) is 30.6 Å². The number of H-pyrrole nitrogens is 1. The summed E-state index contributed by atoms with van der Waals surface area (Å²) in [5, 5.41) is 0.947. The van der Waals surface area contributed by atoms with Crippen LogP contribution in [-0.4, -0.2) is 58.1 Å². The molecule has 0 spiro atoms. The van der Waals surface area contributed by atoms with Crippen LogP contribution >= 0.6 is 0 Å². The molecular weight excluding hydrogens is 290 g/mol. The molecule has 0 amide bonds. The number of nitrogens with one attached hydrogen (secondary N) is 1. The molecule has 23 heavy (non-hydrogen) atoms. The summed E-state index contributed by atoms with van der Waals surface area (Å²) in [7, 11) is 2.15. The summed E-state index contributed by atoms with van der Waals surface area (Å²) in [5.41, 5.74) is 8.48. The maximum Gasteiger partial charge on any atom is 0.221 e. The van der Waals surface area contributed by atoms with Crippen LogP contribution in [-0.2, 0) is 0 Å². The molecule has 1 saturated heterocycles. The molecule has 0 radical (unpaired) electrons. The number of likely N-dealkylation sites (N-methyl/N-ethyl adjacent to an activating group) is 1. The van der Waals surface area contributed by atoms with E-state index in [1.807, 2.05) is 18.3 Å². The van der Waals surface area contributed by atoms with Crippen molar-refractivity contribution in [3.05, 3.63) is 30.6 Å². The molecule has 4 heterocycles. The Balaban J connectivity index is 1.75. The molecular formula is C16H19N7. The van der Waals surface area contributed by atoms with Gasteiger partial charge in [-0.15, -0.1) is 0 Å². The number of fused-ring (bicyclic) bond motifs is 1. The number of hydrogen-bond acceptors (Lipinski definition) is 6. The Morgan fingerprint density at radius 2 is 2.00 bits per heavy atom. The first-order valence-corrected chi connectivity index (χ1v) is 7.71. The monoisotopic (exact) mass is 309 g/mol. The normalized spacial score (nSPS) is 16.1. The van der Waals surface area contributed by atoms with E-state index in [0.29, 0.717) is 0 Å². The van der Waals surface area contributed by atoms with Gasteiger partial charge in [-0.3, -0.25) is 0 Å². The van der Waals surface area contributed by atoms with Crippen molar-refractivity contribution in [1.29, 1.82) is 0 Å². The van der Waals surface area contributed by atoms with E-state index in [4.69, 9.17) is 5.73 Å². The van der Waals surface area contributed by atoms with Gasteiger partial charge in [-0.05, 0) is 25.2 Å². The Labute approximate surface area is 134 Å². The van der Waals surface area contributed by atoms with Gasteiger partial charge in [0.1, 0.15) is 11.5 Å². The number of nitrogen functional groups attached to an aromatic ring is 1. The second-order valence-electron chi connectivity index (χ2n) is 5.88. The minimum Gasteiger partial charge on any atom is -0.368 e. The highest BCUT2D eigenvalue weighted by Gasteiger charge is 2.19. The Morgan fingerprint density at radius 1 is 1.17 bits per heavy atom. The molecule has 0 bridgehead atoms. The lowest BCUT2D eigenvalue weighted by Crippen LogP contribution is -2.45. The summed E-state index contributed by atoms with van der Waals surface area (Å²) in [5.74, 6) is 1.28. The van der Waals surface area contributed by atoms with Crippen molar-refractivity contribution in [2.45, 2.75) is 0 Å². The van der Waals surface area contributed by atoms with Crippen LogP contribution in [0, 0.1) is 0 Å². The molecule has 7 heteroatoms. The summed E-state index contributed by atoms with van der Waals surface area (Å²) >= 11 is 0. The third kappa shape index (κ3) is 2.59. The zero-order valence-corrected chi connectivity index (χ0v) is 13.0. The van der Waals surface area contributed by atoms with Crippen molar-refractivity contribution in [2.24, 2.45) is 0 Å². The molecule has 1 fully saturated rings. The van der Waals surface area contributed by atoms with Crippen LogP contribution in [0.2, 0.25) is 0 Å². The number of nitrogens with two attached hydrogens (primary N) is 1. The second-order valence-corrected chi connectivity index (χ2v) is 5.88. The molecule has 118 valence electrons. The van der Waals surface area contributed by atoms with E-state index in [0.717, 1.165) is 54.3 Å². The molecule has 4 rings (SSSR count). The van der Waals surface area contributed by atoms with Gasteiger partial charge in [0, 0.05) is 49.5 Å². The Morgan fingerprint density at radius 3 is 2.83 bits per heavy atom. The summed E-state index contributed by atoms with van der Waals surface area (Å²) < 4.78 is 0. The fourth-order valence-corrected chi connectivity index (χ4v) is 2.95. The van der Waals surface area contributed by atoms with Gasteiger partial charge in [0.05, 0.1) is 5.69 Å². The Kier molecular flexibility index (Phi) is 3.34. The molecule has 3 aromatic rings. The summed E-state index contributed by atoms with van der Waals surface area (Å²) in [6.07, 6.45) is 3.58. The maximum absolute atomic E-state index is 5.66. The van der Waals surface area contributed by atoms with Crippen molar-refractivity contribution < 1.29 is 0 Å². The summed E-state index contributed by atoms with van der Waals surface area (Å²) in [6.45, 7) is 4.05. The van der Waals surface area contributed by atoms with E-state index in [1.54, 1.807) is 6.20 Å². The first kappa shape index (κ1) is 14.0. The van der Waals surface area contributed by atoms with Crippen LogP contribution in [0.1, 0.15) is 0 Å². The van der Waals surface area contributed by atoms with Crippen LogP contribution in [0.4, 0.5) is 11.8 Å². The molecule has 1 aliphatic rings. The Hall–Kier alpha value is -2.67. The number of aromatic nitrogens is 4. The lowest BCUT2D eigenvalue weighted by atomic mass is 10.1. The average Bonchev–Trinajstić information content (AvgIpc) is 2.98. The molecule has 1 aliphatic heterocycles. The van der Waals surface area contributed by atoms with Gasteiger partial charge < -0.3 is 20.5 Å². The standard InChI is InChI=1S/C16H19N7/c1-22-5-7-23(8-6-22)15-12(3-2-4-18-15)13-9-11-10-19-16(17)21-14(11)20-13/h2-4,9-10H,5-8H2,1H3,(H3,17,19,20,21). The van der Waals surface area contributed by atoms with Crippen molar-refractivity contribution in [3.8, 4) is 11.3 Å². The number of anilines is 2. The van der Waals surface area contributed by atoms with Gasteiger partial charge >= 0.3 is 0 Å². The molecule has 0 saturated carbocycles. The second kappa shape index (κ2) is 5.51. The van der Waals surface area contributed by atoms with Crippen LogP contribution < -0.4 is 10.6 Å². The zero-order valence-electron chi connectivity index (χ0n) is 13.0. The van der Waals surface area contributed by atoms with E-state index in [9.17, 15) is 0 Å². The predicted molar refractivity (Wildman–Crippen MR) is 91.2 cm³/mol. The SMILES string of the molecule is CN1CCN(c2ncccc2-c2cc3cnc(N)nc3[nH]2)CC1. The number of hydrogen-bond donors (Lipinski definition) is 2. The van der Waals surface area contributed by atoms with Gasteiger partial charge in [-0.25, -0.2) is 9.97 Å². The fraction of sp³-hybridized carbons (Fsp3) is 0.312. The molecule has 0 unspecified atom stereocenters. The first-order chi connectivity index (χ1) is 11.2. The topological polar surface area (TPSA) is 87.0 Å². The number of nitrogens with zero attached hydrogens (tertiary/aromatic N) is 5. The number of rotatable bonds is 2. The van der Waals surface area contributed by atoms with Crippen LogP contribution in [0.25, 0.3) is 22.3 Å². The quantitative estimate of drug-likeness (QED) is 0.743. The highest BCUT2D eigenvalue weighted by Crippen LogP contribution is 2.30. The van der Waals surface area contributed by atoms with Gasteiger partial charge in [-0.2, -0.15) is 4.98 Å². The van der Waals surface area contributed by atoms with Crippen LogP contribution in [0.3, 0.4) is 0 Å². The van der Waals surface area contributed by atoms with E-state index in [1.165, 1.54) is 0 Å². The van der Waals surface area contributed by atoms with Gasteiger partial charge in [0.25, 0.3) is 0 Å². The van der Waals surface area contributed by atoms with Crippen molar-refractivity contribution in [2.75, 3.05) is 43.9 Å². The van der Waals surface area contributed by atoms with Crippen molar-refractivity contribution in [3.63, 3.8) is 0 Å². The summed E-state index contributed by atoms with van der Waals surface area (Å²) in [6, 6.07) is 6.09. The lowest BCUT2D eigenvalue weighted by Gasteiger charge is -2.34. The fourth-order valence-electron chi connectivity index (χ4n) is 2.95. The van der Waals surface area contributed by atoms with E-state index < -0.39 is 0 Å². The largest absolute Gasteiger partial charge is 0.368 e. The maximum atomic E-state index is 5.66. The minimum atomic E-state index is 0.274. The highest BCUT2D eigenvalue weighted by atomic mass is 15.3. The van der Waals surface area contributed by atoms with Gasteiger partial charge in [-0.1, -0.05) is 0 Å². The number of aromatic amines is 1. The molecule has 7 nitrogen and oxygen atoms in total.